The van der Waals surface area contributed by atoms with Crippen LogP contribution in [0.25, 0.3) is 0 Å². The maximum absolute atomic E-state index is 8.77. The van der Waals surface area contributed by atoms with E-state index in [4.69, 9.17) is 39.9 Å². The molecule has 0 spiro atoms. The van der Waals surface area contributed by atoms with Crippen molar-refractivity contribution >= 4 is 40.8 Å². The minimum Gasteiger partial charge on any atom is -0.396 e. The van der Waals surface area contributed by atoms with Gasteiger partial charge in [-0.1, -0.05) is 40.9 Å². The zero-order chi connectivity index (χ0) is 15.2. The zero-order valence-electron chi connectivity index (χ0n) is 11.1. The Labute approximate surface area is 138 Å². The summed E-state index contributed by atoms with van der Waals surface area (Å²) in [4.78, 5) is 8.47. The van der Waals surface area contributed by atoms with Crippen molar-refractivity contribution in [3.8, 4) is 0 Å². The Hall–Kier alpha value is -1.07. The molecule has 0 saturated heterocycles. The highest BCUT2D eigenvalue weighted by Crippen LogP contribution is 2.27. The van der Waals surface area contributed by atoms with Crippen molar-refractivity contribution in [1.82, 2.24) is 9.97 Å². The lowest BCUT2D eigenvalue weighted by atomic mass is 10.1. The fraction of sp³-hybridized carbons (Fsp3) is 0.286. The molecule has 1 aromatic carbocycles. The maximum atomic E-state index is 8.77. The first-order valence-corrected chi connectivity index (χ1v) is 7.54. The van der Waals surface area contributed by atoms with Crippen LogP contribution >= 0.6 is 34.8 Å². The van der Waals surface area contributed by atoms with Crippen LogP contribution in [0.4, 0.5) is 5.95 Å². The van der Waals surface area contributed by atoms with Gasteiger partial charge in [0.05, 0.1) is 5.69 Å². The first-order chi connectivity index (χ1) is 10.1. The van der Waals surface area contributed by atoms with Gasteiger partial charge < -0.3 is 10.4 Å². The molecule has 1 aromatic heterocycles. The van der Waals surface area contributed by atoms with Crippen molar-refractivity contribution in [2.75, 3.05) is 18.5 Å². The van der Waals surface area contributed by atoms with Crippen molar-refractivity contribution in [3.05, 3.63) is 50.7 Å². The summed E-state index contributed by atoms with van der Waals surface area (Å²) < 4.78 is 0. The molecule has 0 unspecified atom stereocenters. The molecule has 2 N–H and O–H groups in total. The molecule has 0 radical (unpaired) electrons. The van der Waals surface area contributed by atoms with Gasteiger partial charge in [-0.05, 0) is 30.2 Å². The van der Waals surface area contributed by atoms with Crippen molar-refractivity contribution in [2.45, 2.75) is 12.8 Å². The lowest BCUT2D eigenvalue weighted by Gasteiger charge is -2.09. The first kappa shape index (κ1) is 16.3. The van der Waals surface area contributed by atoms with E-state index in [1.165, 1.54) is 0 Å². The molecule has 2 aromatic rings. The second kappa shape index (κ2) is 7.80. The van der Waals surface area contributed by atoms with Gasteiger partial charge in [0, 0.05) is 29.6 Å². The molecule has 0 fully saturated rings. The number of hydrogen-bond donors (Lipinski definition) is 2. The van der Waals surface area contributed by atoms with Gasteiger partial charge in [-0.15, -0.1) is 0 Å². The van der Waals surface area contributed by atoms with Crippen LogP contribution in [0.5, 0.6) is 0 Å². The van der Waals surface area contributed by atoms with E-state index >= 15 is 0 Å². The summed E-state index contributed by atoms with van der Waals surface area (Å²) in [6.45, 7) is 0.679. The van der Waals surface area contributed by atoms with Gasteiger partial charge in [-0.3, -0.25) is 0 Å². The molecule has 0 amide bonds. The standard InChI is InChI=1S/C14H14Cl3N3O/c15-11-3-1-4-12(16)10(11)7-9-8-13(17)20-14(19-9)18-5-2-6-21/h1,3-4,8,21H,2,5-7H2,(H,18,19,20). The Bertz CT molecular complexity index is 602. The normalized spacial score (nSPS) is 10.7. The third-order valence-electron chi connectivity index (χ3n) is 2.79. The Morgan fingerprint density at radius 1 is 1.10 bits per heavy atom. The van der Waals surface area contributed by atoms with E-state index < -0.39 is 0 Å². The Morgan fingerprint density at radius 3 is 2.48 bits per heavy atom. The van der Waals surface area contributed by atoms with Crippen LogP contribution in [0.2, 0.25) is 15.2 Å². The second-order valence-corrected chi connectivity index (χ2v) is 5.59. The van der Waals surface area contributed by atoms with E-state index in [9.17, 15) is 0 Å². The van der Waals surface area contributed by atoms with Gasteiger partial charge in [0.1, 0.15) is 5.15 Å². The number of aliphatic hydroxyl groups excluding tert-OH is 1. The second-order valence-electron chi connectivity index (χ2n) is 4.39. The number of nitrogens with zero attached hydrogens (tertiary/aromatic N) is 2. The number of nitrogens with one attached hydrogen (secondary N) is 1. The quantitative estimate of drug-likeness (QED) is 0.616. The summed E-state index contributed by atoms with van der Waals surface area (Å²) in [6.07, 6.45) is 1.08. The summed E-state index contributed by atoms with van der Waals surface area (Å²) in [6, 6.07) is 7.04. The number of aliphatic hydroxyl groups is 1. The van der Waals surface area contributed by atoms with Gasteiger partial charge in [-0.25, -0.2) is 9.97 Å². The zero-order valence-corrected chi connectivity index (χ0v) is 13.4. The summed E-state index contributed by atoms with van der Waals surface area (Å²) in [7, 11) is 0. The number of halogens is 3. The number of aromatic nitrogens is 2. The topological polar surface area (TPSA) is 58.0 Å². The van der Waals surface area contributed by atoms with E-state index in [0.29, 0.717) is 40.5 Å². The highest BCUT2D eigenvalue weighted by Gasteiger charge is 2.10. The Morgan fingerprint density at radius 2 is 1.81 bits per heavy atom. The molecule has 4 nitrogen and oxygen atoms in total. The van der Waals surface area contributed by atoms with Gasteiger partial charge in [0.15, 0.2) is 0 Å². The van der Waals surface area contributed by atoms with Crippen molar-refractivity contribution in [2.24, 2.45) is 0 Å². The predicted octanol–water partition coefficient (Wildman–Crippen LogP) is 3.82. The maximum Gasteiger partial charge on any atom is 0.224 e. The molecule has 21 heavy (non-hydrogen) atoms. The fourth-order valence-electron chi connectivity index (χ4n) is 1.80. The molecule has 0 saturated carbocycles. The number of hydrogen-bond acceptors (Lipinski definition) is 4. The van der Waals surface area contributed by atoms with Crippen LogP contribution < -0.4 is 5.32 Å². The third-order valence-corrected chi connectivity index (χ3v) is 3.69. The fourth-order valence-corrected chi connectivity index (χ4v) is 2.53. The number of benzene rings is 1. The summed E-state index contributed by atoms with van der Waals surface area (Å²) in [5, 5.41) is 13.3. The molecule has 7 heteroatoms. The van der Waals surface area contributed by atoms with Gasteiger partial charge in [0.25, 0.3) is 0 Å². The van der Waals surface area contributed by atoms with E-state index in [-0.39, 0.29) is 6.61 Å². The average molecular weight is 347 g/mol. The largest absolute Gasteiger partial charge is 0.396 e. The number of anilines is 1. The van der Waals surface area contributed by atoms with Crippen LogP contribution in [0.15, 0.2) is 24.3 Å². The van der Waals surface area contributed by atoms with Crippen LogP contribution in [0, 0.1) is 0 Å². The van der Waals surface area contributed by atoms with E-state index in [1.807, 2.05) is 0 Å². The molecule has 0 aliphatic heterocycles. The minimum atomic E-state index is 0.107. The Balaban J connectivity index is 2.20. The molecule has 0 aliphatic carbocycles. The van der Waals surface area contributed by atoms with E-state index in [1.54, 1.807) is 24.3 Å². The molecule has 1 heterocycles. The van der Waals surface area contributed by atoms with Crippen LogP contribution in [-0.2, 0) is 6.42 Å². The monoisotopic (exact) mass is 345 g/mol. The van der Waals surface area contributed by atoms with E-state index in [2.05, 4.69) is 15.3 Å². The average Bonchev–Trinajstić information content (AvgIpc) is 2.43. The third kappa shape index (κ3) is 4.71. The number of rotatable bonds is 6. The lowest BCUT2D eigenvalue weighted by Crippen LogP contribution is -2.08. The molecular formula is C14H14Cl3N3O. The first-order valence-electron chi connectivity index (χ1n) is 6.41. The van der Waals surface area contributed by atoms with E-state index in [0.717, 1.165) is 11.3 Å². The van der Waals surface area contributed by atoms with Crippen molar-refractivity contribution in [3.63, 3.8) is 0 Å². The summed E-state index contributed by atoms with van der Waals surface area (Å²) >= 11 is 18.3. The molecule has 0 aliphatic rings. The SMILES string of the molecule is OCCCNc1nc(Cl)cc(Cc2c(Cl)cccc2Cl)n1. The predicted molar refractivity (Wildman–Crippen MR) is 86.5 cm³/mol. The molecular weight excluding hydrogens is 333 g/mol. The van der Waals surface area contributed by atoms with Gasteiger partial charge in [-0.2, -0.15) is 0 Å². The van der Waals surface area contributed by atoms with Crippen LogP contribution in [0.3, 0.4) is 0 Å². The molecule has 2 rings (SSSR count). The smallest absolute Gasteiger partial charge is 0.224 e. The van der Waals surface area contributed by atoms with Crippen LogP contribution in [-0.4, -0.2) is 28.2 Å². The molecule has 0 bridgehead atoms. The highest BCUT2D eigenvalue weighted by atomic mass is 35.5. The summed E-state index contributed by atoms with van der Waals surface area (Å²) in [5.41, 5.74) is 1.52. The Kier molecular flexibility index (Phi) is 6.06. The summed E-state index contributed by atoms with van der Waals surface area (Å²) in [5.74, 6) is 0.425. The highest BCUT2D eigenvalue weighted by molar-refractivity contribution is 6.36. The van der Waals surface area contributed by atoms with Gasteiger partial charge >= 0.3 is 0 Å². The van der Waals surface area contributed by atoms with Gasteiger partial charge in [0.2, 0.25) is 5.95 Å². The molecule has 0 atom stereocenters. The van der Waals surface area contributed by atoms with Crippen LogP contribution in [0.1, 0.15) is 17.7 Å². The molecule has 112 valence electrons. The minimum absolute atomic E-state index is 0.107. The van der Waals surface area contributed by atoms with Crippen molar-refractivity contribution < 1.29 is 5.11 Å². The van der Waals surface area contributed by atoms with Crippen molar-refractivity contribution in [1.29, 1.82) is 0 Å². The lowest BCUT2D eigenvalue weighted by molar-refractivity contribution is 0.292.